The van der Waals surface area contributed by atoms with Crippen LogP contribution in [-0.2, 0) is 4.74 Å². The summed E-state index contributed by atoms with van der Waals surface area (Å²) in [6.07, 6.45) is 1.59. The van der Waals surface area contributed by atoms with Gasteiger partial charge in [0, 0.05) is 18.8 Å². The Morgan fingerprint density at radius 1 is 1.22 bits per heavy atom. The lowest BCUT2D eigenvalue weighted by molar-refractivity contribution is 0.0526. The van der Waals surface area contributed by atoms with Crippen molar-refractivity contribution >= 4 is 29.1 Å². The van der Waals surface area contributed by atoms with Gasteiger partial charge >= 0.3 is 5.97 Å². The van der Waals surface area contributed by atoms with Crippen LogP contribution in [-0.4, -0.2) is 35.6 Å². The van der Waals surface area contributed by atoms with Gasteiger partial charge in [-0.15, -0.1) is 4.91 Å². The molecule has 0 saturated carbocycles. The Morgan fingerprint density at radius 2 is 1.89 bits per heavy atom. The Hall–Kier alpha value is -3.43. The Labute approximate surface area is 155 Å². The van der Waals surface area contributed by atoms with E-state index < -0.39 is 5.56 Å². The number of benzene rings is 1. The Bertz CT molecular complexity index is 834. The maximum atomic E-state index is 11.6. The number of carbonyl (C=O) groups is 1. The molecule has 0 spiro atoms. The molecule has 10 heteroatoms. The molecule has 0 aliphatic heterocycles. The van der Waals surface area contributed by atoms with Crippen LogP contribution in [0.5, 0.6) is 0 Å². The van der Waals surface area contributed by atoms with Crippen molar-refractivity contribution in [3.05, 3.63) is 45.1 Å². The van der Waals surface area contributed by atoms with E-state index in [4.69, 9.17) is 10.5 Å². The monoisotopic (exact) mass is 374 g/mol. The number of rotatable bonds is 10. The Kier molecular flexibility index (Phi) is 7.29. The van der Waals surface area contributed by atoms with Crippen LogP contribution in [0.2, 0.25) is 0 Å². The maximum absolute atomic E-state index is 11.6. The molecule has 0 aliphatic carbocycles. The van der Waals surface area contributed by atoms with E-state index in [9.17, 15) is 14.5 Å². The third-order valence-electron chi connectivity index (χ3n) is 3.63. The van der Waals surface area contributed by atoms with Crippen molar-refractivity contribution in [3.8, 4) is 0 Å². The predicted octanol–water partition coefficient (Wildman–Crippen LogP) is 2.23. The number of esters is 1. The lowest BCUT2D eigenvalue weighted by Crippen LogP contribution is -2.15. The highest BCUT2D eigenvalue weighted by Crippen LogP contribution is 2.17. The fraction of sp³-hybridized carbons (Fsp3) is 0.353. The third-order valence-corrected chi connectivity index (χ3v) is 3.63. The molecule has 2 rings (SSSR count). The number of nitrogen functional groups attached to an aromatic ring is 1. The molecule has 144 valence electrons. The lowest BCUT2D eigenvalue weighted by atomic mass is 10.2. The number of nitrogens with two attached hydrogens (primary N) is 1. The van der Waals surface area contributed by atoms with E-state index >= 15 is 0 Å². The number of H-pyrrole nitrogens is 1. The maximum Gasteiger partial charge on any atom is 0.338 e. The van der Waals surface area contributed by atoms with Crippen LogP contribution in [0, 0.1) is 4.91 Å². The molecule has 0 amide bonds. The number of nitrogens with one attached hydrogen (secondary N) is 3. The second kappa shape index (κ2) is 9.90. The number of aromatic amines is 1. The average molecular weight is 374 g/mol. The molecular formula is C17H22N6O4. The first kappa shape index (κ1) is 19.9. The number of unbranched alkanes of at least 4 members (excludes halogenated alkanes) is 1. The van der Waals surface area contributed by atoms with E-state index in [0.717, 1.165) is 18.5 Å². The first-order valence-electron chi connectivity index (χ1n) is 8.53. The summed E-state index contributed by atoms with van der Waals surface area (Å²) in [7, 11) is 0. The van der Waals surface area contributed by atoms with Crippen LogP contribution < -0.4 is 21.9 Å². The van der Waals surface area contributed by atoms with Crippen molar-refractivity contribution in [2.45, 2.75) is 19.8 Å². The molecule has 0 bridgehead atoms. The van der Waals surface area contributed by atoms with Crippen molar-refractivity contribution in [2.75, 3.05) is 36.1 Å². The van der Waals surface area contributed by atoms with Gasteiger partial charge in [0.05, 0.1) is 12.2 Å². The van der Waals surface area contributed by atoms with Gasteiger partial charge in [0.2, 0.25) is 11.6 Å². The molecule has 1 heterocycles. The molecule has 1 aromatic carbocycles. The van der Waals surface area contributed by atoms with Gasteiger partial charge in [-0.3, -0.25) is 9.78 Å². The number of hydrogen-bond acceptors (Lipinski definition) is 9. The van der Waals surface area contributed by atoms with Crippen LogP contribution in [0.15, 0.2) is 34.2 Å². The molecule has 5 N–H and O–H groups in total. The van der Waals surface area contributed by atoms with E-state index in [1.54, 1.807) is 19.1 Å². The largest absolute Gasteiger partial charge is 0.462 e. The van der Waals surface area contributed by atoms with Gasteiger partial charge in [0.25, 0.3) is 5.56 Å². The van der Waals surface area contributed by atoms with E-state index in [1.807, 2.05) is 12.1 Å². The second-order valence-corrected chi connectivity index (χ2v) is 5.60. The molecular weight excluding hydrogens is 352 g/mol. The van der Waals surface area contributed by atoms with Gasteiger partial charge < -0.3 is 21.1 Å². The molecule has 0 aliphatic rings. The zero-order valence-corrected chi connectivity index (χ0v) is 14.9. The molecule has 0 fully saturated rings. The molecule has 2 aromatic rings. The van der Waals surface area contributed by atoms with Crippen molar-refractivity contribution in [1.82, 2.24) is 9.97 Å². The fourth-order valence-electron chi connectivity index (χ4n) is 2.32. The summed E-state index contributed by atoms with van der Waals surface area (Å²) >= 11 is 0. The zero-order valence-electron chi connectivity index (χ0n) is 14.9. The smallest absolute Gasteiger partial charge is 0.338 e. The van der Waals surface area contributed by atoms with Gasteiger partial charge in [0.15, 0.2) is 5.82 Å². The number of aromatic nitrogens is 2. The highest BCUT2D eigenvalue weighted by molar-refractivity contribution is 5.89. The molecule has 0 radical (unpaired) electrons. The van der Waals surface area contributed by atoms with Crippen molar-refractivity contribution in [1.29, 1.82) is 0 Å². The van der Waals surface area contributed by atoms with Gasteiger partial charge in [-0.25, -0.2) is 4.79 Å². The van der Waals surface area contributed by atoms with Crippen LogP contribution in [0.25, 0.3) is 0 Å². The van der Waals surface area contributed by atoms with Crippen LogP contribution in [0.1, 0.15) is 30.1 Å². The zero-order chi connectivity index (χ0) is 19.6. The first-order chi connectivity index (χ1) is 13.0. The molecule has 0 atom stereocenters. The lowest BCUT2D eigenvalue weighted by Gasteiger charge is -2.09. The standard InChI is InChI=1S/C17H22N6O4/c1-2-27-16(25)11-5-7-12(8-6-11)19-9-3-4-10-20-14-13(23-26)15(24)22-17(18)21-14/h5-8,19H,2-4,9-10H2,1H3,(H4,18,20,21,22,24). The summed E-state index contributed by atoms with van der Waals surface area (Å²) in [4.78, 5) is 39.9. The first-order valence-corrected chi connectivity index (χ1v) is 8.53. The third kappa shape index (κ3) is 5.80. The summed E-state index contributed by atoms with van der Waals surface area (Å²) in [5.74, 6) is -0.343. The number of hydrogen-bond donors (Lipinski definition) is 4. The Balaban J connectivity index is 1.73. The number of anilines is 3. The number of nitroso groups, excluding NO2 is 1. The highest BCUT2D eigenvalue weighted by atomic mass is 16.5. The van der Waals surface area contributed by atoms with Crippen LogP contribution in [0.3, 0.4) is 0 Å². The van der Waals surface area contributed by atoms with Gasteiger partial charge in [-0.05, 0) is 49.2 Å². The van der Waals surface area contributed by atoms with Gasteiger partial charge in [0.1, 0.15) is 0 Å². The molecule has 1 aromatic heterocycles. The van der Waals surface area contributed by atoms with Crippen molar-refractivity contribution in [2.24, 2.45) is 5.18 Å². The highest BCUT2D eigenvalue weighted by Gasteiger charge is 2.10. The molecule has 0 unspecified atom stereocenters. The predicted molar refractivity (Wildman–Crippen MR) is 103 cm³/mol. The summed E-state index contributed by atoms with van der Waals surface area (Å²) in [5, 5.41) is 8.81. The minimum absolute atomic E-state index is 0.0776. The summed E-state index contributed by atoms with van der Waals surface area (Å²) in [6, 6.07) is 7.04. The normalized spacial score (nSPS) is 10.3. The minimum atomic E-state index is -0.673. The Morgan fingerprint density at radius 3 is 2.52 bits per heavy atom. The molecule has 27 heavy (non-hydrogen) atoms. The number of nitrogens with zero attached hydrogens (tertiary/aromatic N) is 2. The summed E-state index contributed by atoms with van der Waals surface area (Å²) in [6.45, 7) is 3.32. The van der Waals surface area contributed by atoms with Gasteiger partial charge in [-0.1, -0.05) is 0 Å². The number of ether oxygens (including phenoxy) is 1. The summed E-state index contributed by atoms with van der Waals surface area (Å²) in [5.41, 5.74) is 5.87. The average Bonchev–Trinajstić information content (AvgIpc) is 2.65. The fourth-order valence-corrected chi connectivity index (χ4v) is 2.32. The van der Waals surface area contributed by atoms with Crippen LogP contribution in [0.4, 0.5) is 23.1 Å². The molecule has 0 saturated heterocycles. The summed E-state index contributed by atoms with van der Waals surface area (Å²) < 4.78 is 4.93. The van der Waals surface area contributed by atoms with E-state index in [-0.39, 0.29) is 23.4 Å². The van der Waals surface area contributed by atoms with Gasteiger partial charge in [-0.2, -0.15) is 4.98 Å². The molecule has 10 nitrogen and oxygen atoms in total. The van der Waals surface area contributed by atoms with E-state index in [2.05, 4.69) is 25.8 Å². The topological polar surface area (TPSA) is 152 Å². The van der Waals surface area contributed by atoms with E-state index in [1.165, 1.54) is 0 Å². The van der Waals surface area contributed by atoms with Crippen molar-refractivity contribution < 1.29 is 9.53 Å². The number of carbonyl (C=O) groups excluding carboxylic acids is 1. The van der Waals surface area contributed by atoms with Crippen molar-refractivity contribution in [3.63, 3.8) is 0 Å². The van der Waals surface area contributed by atoms with Crippen LogP contribution >= 0.6 is 0 Å². The minimum Gasteiger partial charge on any atom is -0.462 e. The second-order valence-electron chi connectivity index (χ2n) is 5.60. The quantitative estimate of drug-likeness (QED) is 0.281. The SMILES string of the molecule is CCOC(=O)c1ccc(NCCCCNc2nc(N)[nH]c(=O)c2N=O)cc1. The van der Waals surface area contributed by atoms with E-state index in [0.29, 0.717) is 25.3 Å².